The summed E-state index contributed by atoms with van der Waals surface area (Å²) in [6.45, 7) is 1.81. The third kappa shape index (κ3) is 9.77. The molecule has 1 heterocycles. The lowest BCUT2D eigenvalue weighted by Gasteiger charge is -2.45. The van der Waals surface area contributed by atoms with E-state index in [9.17, 15) is 29.1 Å². The fourth-order valence-corrected chi connectivity index (χ4v) is 6.81. The van der Waals surface area contributed by atoms with Crippen LogP contribution in [0.15, 0.2) is 127 Å². The summed E-state index contributed by atoms with van der Waals surface area (Å²) in [6, 6.07) is 32.8. The number of carbonyl (C=O) groups excluding carboxylic acids is 5. The topological polar surface area (TPSA) is 158 Å². The van der Waals surface area contributed by atoms with Crippen molar-refractivity contribution in [1.82, 2.24) is 5.32 Å². The van der Waals surface area contributed by atoms with E-state index < -0.39 is 48.4 Å². The van der Waals surface area contributed by atoms with Gasteiger partial charge in [0.05, 0.1) is 56.5 Å². The molecule has 1 aliphatic heterocycles. The Labute approximate surface area is 336 Å². The molecule has 12 heteroatoms. The molecule has 0 fully saturated rings. The number of hydrogen-bond donors (Lipinski definition) is 2. The predicted molar refractivity (Wildman–Crippen MR) is 215 cm³/mol. The lowest BCUT2D eigenvalue weighted by molar-refractivity contribution is -0.144. The highest BCUT2D eigenvalue weighted by molar-refractivity contribution is 6.09. The van der Waals surface area contributed by atoms with Crippen LogP contribution in [0.4, 0.5) is 5.69 Å². The molecule has 58 heavy (non-hydrogen) atoms. The van der Waals surface area contributed by atoms with Crippen LogP contribution in [0.25, 0.3) is 0 Å². The van der Waals surface area contributed by atoms with Gasteiger partial charge in [0.25, 0.3) is 5.91 Å². The number of aliphatic hydroxyl groups is 1. The van der Waals surface area contributed by atoms with Gasteiger partial charge < -0.3 is 34.3 Å². The third-order valence-electron chi connectivity index (χ3n) is 9.63. The lowest BCUT2D eigenvalue weighted by atomic mass is 9.85. The summed E-state index contributed by atoms with van der Waals surface area (Å²) in [5, 5.41) is 12.4. The molecule has 298 valence electrons. The maximum atomic E-state index is 14.6. The van der Waals surface area contributed by atoms with E-state index in [4.69, 9.17) is 18.9 Å². The summed E-state index contributed by atoms with van der Waals surface area (Å²) in [4.78, 5) is 70.7. The molecule has 0 radical (unpaired) electrons. The van der Waals surface area contributed by atoms with Crippen molar-refractivity contribution in [3.8, 4) is 11.5 Å². The number of esters is 2. The van der Waals surface area contributed by atoms with Crippen molar-refractivity contribution >= 4 is 35.2 Å². The molecule has 0 aromatic heterocycles. The Morgan fingerprint density at radius 1 is 0.741 bits per heavy atom. The van der Waals surface area contributed by atoms with Crippen molar-refractivity contribution in [3.63, 3.8) is 0 Å². The van der Waals surface area contributed by atoms with Crippen LogP contribution in [-0.4, -0.2) is 73.7 Å². The number of fused-ring (bicyclic) bond motifs is 1. The highest BCUT2D eigenvalue weighted by Gasteiger charge is 2.48. The van der Waals surface area contributed by atoms with Gasteiger partial charge in [-0.2, -0.15) is 0 Å². The summed E-state index contributed by atoms with van der Waals surface area (Å²) in [5.41, 5.74) is 2.65. The van der Waals surface area contributed by atoms with Crippen molar-refractivity contribution in [2.75, 3.05) is 31.8 Å². The number of nitrogens with one attached hydrogen (secondary N) is 1. The zero-order valence-electron chi connectivity index (χ0n) is 32.2. The van der Waals surface area contributed by atoms with E-state index >= 15 is 0 Å². The number of ketones is 1. The van der Waals surface area contributed by atoms with Gasteiger partial charge in [-0.3, -0.25) is 19.2 Å². The maximum Gasteiger partial charge on any atom is 0.338 e. The van der Waals surface area contributed by atoms with Gasteiger partial charge in [-0.1, -0.05) is 72.8 Å². The standard InChI is InChI=1S/C46H44N2O10/c1-3-56-41(51)29-39-44(58-46(54)34-19-17-32(18-20-34)43(52)31-11-6-4-7-12-31)42(47-40(50)27-30-15-21-35(55-2)22-16-30)37-28-36(57-26-10-25-49)23-24-38(37)48(39)45(53)33-13-8-5-9-14-33/h4-9,11-24,28,39,42,44,49H,3,10,25-27,29H2,1-2H3,(H,47,50)/t39-,42-,44-/m0/s1. The molecule has 12 nitrogen and oxygen atoms in total. The molecule has 0 saturated heterocycles. The Balaban J connectivity index is 1.44. The van der Waals surface area contributed by atoms with Gasteiger partial charge in [0.15, 0.2) is 5.78 Å². The van der Waals surface area contributed by atoms with Crippen molar-refractivity contribution in [2.45, 2.75) is 44.4 Å². The number of methoxy groups -OCH3 is 1. The van der Waals surface area contributed by atoms with E-state index in [0.29, 0.717) is 51.4 Å². The molecule has 2 amide bonds. The number of benzene rings is 5. The molecule has 6 rings (SSSR count). The Kier molecular flexibility index (Phi) is 13.7. The number of anilines is 1. The summed E-state index contributed by atoms with van der Waals surface area (Å²) < 4.78 is 22.9. The number of nitrogens with zero attached hydrogens (tertiary/aromatic N) is 1. The molecule has 0 saturated carbocycles. The third-order valence-corrected chi connectivity index (χ3v) is 9.63. The van der Waals surface area contributed by atoms with Crippen LogP contribution in [-0.2, 0) is 25.5 Å². The van der Waals surface area contributed by atoms with E-state index in [1.165, 1.54) is 29.2 Å². The van der Waals surface area contributed by atoms with E-state index in [1.54, 1.807) is 111 Å². The number of aliphatic hydroxyl groups excluding tert-OH is 1. The zero-order valence-corrected chi connectivity index (χ0v) is 32.2. The second kappa shape index (κ2) is 19.4. The Morgan fingerprint density at radius 2 is 1.36 bits per heavy atom. The van der Waals surface area contributed by atoms with E-state index in [2.05, 4.69) is 5.32 Å². The van der Waals surface area contributed by atoms with Crippen molar-refractivity contribution < 1.29 is 48.0 Å². The van der Waals surface area contributed by atoms with Gasteiger partial charge in [0.2, 0.25) is 5.91 Å². The molecule has 5 aromatic rings. The predicted octanol–water partition coefficient (Wildman–Crippen LogP) is 6.30. The van der Waals surface area contributed by atoms with Gasteiger partial charge in [-0.05, 0) is 67.1 Å². The molecule has 0 bridgehead atoms. The van der Waals surface area contributed by atoms with E-state index in [-0.39, 0.29) is 37.6 Å². The van der Waals surface area contributed by atoms with E-state index in [1.807, 2.05) is 6.07 Å². The molecule has 3 atom stereocenters. The average Bonchev–Trinajstić information content (AvgIpc) is 3.25. The van der Waals surface area contributed by atoms with Gasteiger partial charge >= 0.3 is 11.9 Å². The van der Waals surface area contributed by atoms with Gasteiger partial charge in [0.1, 0.15) is 17.6 Å². The molecule has 5 aromatic carbocycles. The van der Waals surface area contributed by atoms with Crippen LogP contribution < -0.4 is 19.7 Å². The fourth-order valence-electron chi connectivity index (χ4n) is 6.81. The zero-order chi connectivity index (χ0) is 41.0. The molecule has 0 spiro atoms. The van der Waals surface area contributed by atoms with Crippen LogP contribution in [0, 0.1) is 0 Å². The van der Waals surface area contributed by atoms with Crippen molar-refractivity contribution in [2.24, 2.45) is 0 Å². The first-order valence-corrected chi connectivity index (χ1v) is 19.0. The second-order valence-corrected chi connectivity index (χ2v) is 13.5. The second-order valence-electron chi connectivity index (χ2n) is 13.5. The number of rotatable bonds is 16. The van der Waals surface area contributed by atoms with Gasteiger partial charge in [-0.25, -0.2) is 4.79 Å². The summed E-state index contributed by atoms with van der Waals surface area (Å²) >= 11 is 0. The summed E-state index contributed by atoms with van der Waals surface area (Å²) in [5.74, 6) is -1.63. The minimum atomic E-state index is -1.35. The normalized spacial score (nSPS) is 15.7. The largest absolute Gasteiger partial charge is 0.497 e. The maximum absolute atomic E-state index is 14.6. The lowest BCUT2D eigenvalue weighted by Crippen LogP contribution is -2.58. The quantitative estimate of drug-likeness (QED) is 0.0662. The van der Waals surface area contributed by atoms with Crippen LogP contribution in [0.2, 0.25) is 0 Å². The van der Waals surface area contributed by atoms with Crippen LogP contribution in [0.3, 0.4) is 0 Å². The number of ether oxygens (including phenoxy) is 4. The van der Waals surface area contributed by atoms with Crippen molar-refractivity contribution in [1.29, 1.82) is 0 Å². The van der Waals surface area contributed by atoms with Crippen molar-refractivity contribution in [3.05, 3.63) is 161 Å². The Bertz CT molecular complexity index is 2210. The number of amides is 2. The van der Waals surface area contributed by atoms with Gasteiger partial charge in [-0.15, -0.1) is 0 Å². The molecule has 0 aliphatic carbocycles. The van der Waals surface area contributed by atoms with E-state index in [0.717, 1.165) is 0 Å². The SMILES string of the molecule is CCOC(=O)C[C@H]1[C@H](OC(=O)c2ccc(C(=O)c3ccccc3)cc2)[C@@H](NC(=O)Cc2ccc(OC)cc2)c2cc(OCCCO)ccc2N1C(=O)c1ccccc1. The molecule has 0 unspecified atom stereocenters. The summed E-state index contributed by atoms with van der Waals surface area (Å²) in [7, 11) is 1.54. The molecular weight excluding hydrogens is 741 g/mol. The number of hydrogen-bond acceptors (Lipinski definition) is 10. The highest BCUT2D eigenvalue weighted by Crippen LogP contribution is 2.43. The minimum absolute atomic E-state index is 0.0594. The average molecular weight is 785 g/mol. The fraction of sp³-hybridized carbons (Fsp3) is 0.239. The molecule has 1 aliphatic rings. The molecule has 2 N–H and O–H groups in total. The van der Waals surface area contributed by atoms with Crippen LogP contribution >= 0.6 is 0 Å². The number of carbonyl (C=O) groups is 5. The highest BCUT2D eigenvalue weighted by atomic mass is 16.5. The van der Waals surface area contributed by atoms with Crippen LogP contribution in [0.1, 0.15) is 73.6 Å². The smallest absolute Gasteiger partial charge is 0.338 e. The first-order valence-electron chi connectivity index (χ1n) is 19.0. The molecular formula is C46H44N2O10. The first kappa shape index (κ1) is 40.9. The Hall–Kier alpha value is -6.79. The van der Waals surface area contributed by atoms with Gasteiger partial charge in [0, 0.05) is 35.3 Å². The minimum Gasteiger partial charge on any atom is -0.497 e. The Morgan fingerprint density at radius 3 is 2.00 bits per heavy atom. The van der Waals surface area contributed by atoms with Crippen LogP contribution in [0.5, 0.6) is 11.5 Å². The first-order chi connectivity index (χ1) is 28.2. The summed E-state index contributed by atoms with van der Waals surface area (Å²) in [6.07, 6.45) is -1.45. The monoisotopic (exact) mass is 784 g/mol.